The van der Waals surface area contributed by atoms with Crippen molar-refractivity contribution >= 4 is 22.4 Å². The van der Waals surface area contributed by atoms with Crippen LogP contribution in [-0.4, -0.2) is 5.91 Å². The van der Waals surface area contributed by atoms with Gasteiger partial charge >= 0.3 is 0 Å². The number of ether oxygens (including phenoxy) is 1. The molecule has 0 saturated carbocycles. The summed E-state index contributed by atoms with van der Waals surface area (Å²) in [5, 5.41) is 5.60. The van der Waals surface area contributed by atoms with E-state index in [-0.39, 0.29) is 11.8 Å². The van der Waals surface area contributed by atoms with Gasteiger partial charge in [-0.15, -0.1) is 0 Å². The molecular formula is C32H35NO2. The third-order valence-corrected chi connectivity index (χ3v) is 6.34. The summed E-state index contributed by atoms with van der Waals surface area (Å²) in [6.45, 7) is 6.53. The van der Waals surface area contributed by atoms with Crippen LogP contribution in [-0.2, 0) is 11.2 Å². The van der Waals surface area contributed by atoms with Crippen molar-refractivity contribution in [3.05, 3.63) is 102 Å². The molecule has 0 aliphatic heterocycles. The second kappa shape index (κ2) is 11.7. The molecule has 1 amide bonds. The minimum absolute atomic E-state index is 0.0321. The van der Waals surface area contributed by atoms with E-state index in [2.05, 4.69) is 62.5 Å². The Kier molecular flexibility index (Phi) is 8.20. The van der Waals surface area contributed by atoms with Gasteiger partial charge in [-0.3, -0.25) is 4.79 Å². The number of rotatable bonds is 10. The zero-order valence-electron chi connectivity index (χ0n) is 21.0. The van der Waals surface area contributed by atoms with Crippen molar-refractivity contribution in [1.29, 1.82) is 0 Å². The Balaban J connectivity index is 1.67. The predicted octanol–water partition coefficient (Wildman–Crippen LogP) is 8.74. The Hall–Kier alpha value is -3.59. The topological polar surface area (TPSA) is 38.3 Å². The molecule has 0 aliphatic carbocycles. The Morgan fingerprint density at radius 1 is 0.857 bits per heavy atom. The summed E-state index contributed by atoms with van der Waals surface area (Å²) in [6, 6.07) is 30.3. The molecule has 0 bridgehead atoms. The first kappa shape index (κ1) is 24.5. The highest BCUT2D eigenvalue weighted by atomic mass is 16.5. The van der Waals surface area contributed by atoms with Crippen molar-refractivity contribution in [1.82, 2.24) is 0 Å². The molecule has 0 heterocycles. The molecule has 1 atom stereocenters. The third kappa shape index (κ3) is 6.30. The molecule has 3 nitrogen and oxygen atoms in total. The molecule has 0 aromatic heterocycles. The number of hydrogen-bond donors (Lipinski definition) is 1. The number of benzene rings is 4. The molecule has 0 fully saturated rings. The van der Waals surface area contributed by atoms with Crippen LogP contribution >= 0.6 is 0 Å². The Labute approximate surface area is 209 Å². The first-order valence-electron chi connectivity index (χ1n) is 12.7. The summed E-state index contributed by atoms with van der Waals surface area (Å²) >= 11 is 0. The van der Waals surface area contributed by atoms with E-state index < -0.39 is 0 Å². The molecule has 35 heavy (non-hydrogen) atoms. The number of carbonyl (C=O) groups is 1. The smallest absolute Gasteiger partial charge is 0.231 e. The lowest BCUT2D eigenvalue weighted by Crippen LogP contribution is -2.23. The van der Waals surface area contributed by atoms with Crippen molar-refractivity contribution in [2.75, 3.05) is 5.32 Å². The van der Waals surface area contributed by atoms with Gasteiger partial charge in [0.2, 0.25) is 5.91 Å². The molecule has 0 saturated heterocycles. The molecule has 0 radical (unpaired) electrons. The molecule has 3 heteroatoms. The van der Waals surface area contributed by atoms with Crippen LogP contribution in [0.5, 0.6) is 11.5 Å². The predicted molar refractivity (Wildman–Crippen MR) is 146 cm³/mol. The van der Waals surface area contributed by atoms with E-state index in [1.807, 2.05) is 54.6 Å². The molecule has 180 valence electrons. The maximum atomic E-state index is 13.8. The number of amides is 1. The SMILES string of the molecule is CCCCc1ccc(Oc2ccccc2)cc1NC(=O)C(CC(C)C)c1cccc2ccccc12. The van der Waals surface area contributed by atoms with E-state index in [4.69, 9.17) is 4.74 Å². The summed E-state index contributed by atoms with van der Waals surface area (Å²) < 4.78 is 6.08. The first-order chi connectivity index (χ1) is 17.0. The number of fused-ring (bicyclic) bond motifs is 1. The van der Waals surface area contributed by atoms with E-state index in [1.54, 1.807) is 0 Å². The van der Waals surface area contributed by atoms with E-state index in [9.17, 15) is 4.79 Å². The monoisotopic (exact) mass is 465 g/mol. The third-order valence-electron chi connectivity index (χ3n) is 6.34. The van der Waals surface area contributed by atoms with Crippen molar-refractivity contribution in [2.45, 2.75) is 52.4 Å². The summed E-state index contributed by atoms with van der Waals surface area (Å²) in [4.78, 5) is 13.8. The fraction of sp³-hybridized carbons (Fsp3) is 0.281. The fourth-order valence-electron chi connectivity index (χ4n) is 4.57. The van der Waals surface area contributed by atoms with Gasteiger partial charge in [-0.25, -0.2) is 0 Å². The zero-order valence-corrected chi connectivity index (χ0v) is 21.0. The number of nitrogens with one attached hydrogen (secondary N) is 1. The second-order valence-electron chi connectivity index (χ2n) is 9.58. The van der Waals surface area contributed by atoms with Crippen LogP contribution in [0.4, 0.5) is 5.69 Å². The molecule has 1 unspecified atom stereocenters. The molecule has 4 rings (SSSR count). The molecular weight excluding hydrogens is 430 g/mol. The zero-order chi connectivity index (χ0) is 24.6. The number of para-hydroxylation sites is 1. The lowest BCUT2D eigenvalue weighted by atomic mass is 9.86. The van der Waals surface area contributed by atoms with E-state index >= 15 is 0 Å². The number of carbonyl (C=O) groups excluding carboxylic acids is 1. The highest BCUT2D eigenvalue weighted by molar-refractivity contribution is 6.00. The van der Waals surface area contributed by atoms with Gasteiger partial charge in [0.25, 0.3) is 0 Å². The fourth-order valence-corrected chi connectivity index (χ4v) is 4.57. The van der Waals surface area contributed by atoms with Gasteiger partial charge in [-0.1, -0.05) is 93.9 Å². The Morgan fingerprint density at radius 3 is 2.37 bits per heavy atom. The minimum Gasteiger partial charge on any atom is -0.457 e. The molecule has 0 spiro atoms. The van der Waals surface area contributed by atoms with Crippen LogP contribution in [0.15, 0.2) is 91.0 Å². The number of anilines is 1. The molecule has 1 N–H and O–H groups in total. The Morgan fingerprint density at radius 2 is 1.60 bits per heavy atom. The van der Waals surface area contributed by atoms with E-state index in [0.29, 0.717) is 5.92 Å². The quantitative estimate of drug-likeness (QED) is 0.254. The summed E-state index contributed by atoms with van der Waals surface area (Å²) in [5.74, 6) is 1.68. The van der Waals surface area contributed by atoms with Crippen LogP contribution in [0.25, 0.3) is 10.8 Å². The summed E-state index contributed by atoms with van der Waals surface area (Å²) in [6.07, 6.45) is 3.87. The molecule has 4 aromatic carbocycles. The van der Waals surface area contributed by atoms with Crippen molar-refractivity contribution in [2.24, 2.45) is 5.92 Å². The van der Waals surface area contributed by atoms with Gasteiger partial charge < -0.3 is 10.1 Å². The van der Waals surface area contributed by atoms with Gasteiger partial charge in [-0.2, -0.15) is 0 Å². The van der Waals surface area contributed by atoms with Crippen LogP contribution in [0, 0.1) is 5.92 Å². The minimum atomic E-state index is -0.237. The summed E-state index contributed by atoms with van der Waals surface area (Å²) in [7, 11) is 0. The van der Waals surface area contributed by atoms with E-state index in [0.717, 1.165) is 64.8 Å². The maximum absolute atomic E-state index is 13.8. The van der Waals surface area contributed by atoms with E-state index in [1.165, 1.54) is 0 Å². The number of hydrogen-bond acceptors (Lipinski definition) is 2. The van der Waals surface area contributed by atoms with Gasteiger partial charge in [-0.05, 0) is 65.3 Å². The first-order valence-corrected chi connectivity index (χ1v) is 12.7. The molecule has 4 aromatic rings. The van der Waals surface area contributed by atoms with Gasteiger partial charge in [0.05, 0.1) is 5.92 Å². The van der Waals surface area contributed by atoms with Gasteiger partial charge in [0, 0.05) is 11.8 Å². The lowest BCUT2D eigenvalue weighted by Gasteiger charge is -2.22. The normalized spacial score (nSPS) is 12.0. The number of unbranched alkanes of at least 4 members (excludes halogenated alkanes) is 1. The van der Waals surface area contributed by atoms with Crippen LogP contribution in [0.2, 0.25) is 0 Å². The van der Waals surface area contributed by atoms with Gasteiger partial charge in [0.1, 0.15) is 11.5 Å². The van der Waals surface area contributed by atoms with Crippen molar-refractivity contribution in [3.63, 3.8) is 0 Å². The van der Waals surface area contributed by atoms with Crippen molar-refractivity contribution in [3.8, 4) is 11.5 Å². The number of aryl methyl sites for hydroxylation is 1. The Bertz CT molecular complexity index is 1260. The maximum Gasteiger partial charge on any atom is 0.231 e. The summed E-state index contributed by atoms with van der Waals surface area (Å²) in [5.41, 5.74) is 3.06. The highest BCUT2D eigenvalue weighted by Crippen LogP contribution is 2.33. The molecule has 0 aliphatic rings. The lowest BCUT2D eigenvalue weighted by molar-refractivity contribution is -0.117. The largest absolute Gasteiger partial charge is 0.457 e. The van der Waals surface area contributed by atoms with Crippen LogP contribution in [0.1, 0.15) is 57.1 Å². The average Bonchev–Trinajstić information content (AvgIpc) is 2.87. The highest BCUT2D eigenvalue weighted by Gasteiger charge is 2.24. The standard InChI is InChI=1S/C32H35NO2/c1-4-5-12-25-19-20-27(35-26-15-7-6-8-16-26)22-31(25)33-32(34)30(21-23(2)3)29-18-11-14-24-13-9-10-17-28(24)29/h6-11,13-20,22-23,30H,4-5,12,21H2,1-3H3,(H,33,34). The van der Waals surface area contributed by atoms with Gasteiger partial charge in [0.15, 0.2) is 0 Å². The van der Waals surface area contributed by atoms with Crippen LogP contribution in [0.3, 0.4) is 0 Å². The average molecular weight is 466 g/mol. The second-order valence-corrected chi connectivity index (χ2v) is 9.58. The van der Waals surface area contributed by atoms with Crippen molar-refractivity contribution < 1.29 is 9.53 Å². The van der Waals surface area contributed by atoms with Crippen LogP contribution < -0.4 is 10.1 Å².